The largest absolute Gasteiger partial charge is 0.465 e. The van der Waals surface area contributed by atoms with E-state index in [2.05, 4.69) is 0 Å². The van der Waals surface area contributed by atoms with Crippen molar-refractivity contribution in [2.75, 3.05) is 6.61 Å². The zero-order chi connectivity index (χ0) is 13.8. The Morgan fingerprint density at radius 2 is 1.89 bits per heavy atom. The Hall–Kier alpha value is -1.17. The van der Waals surface area contributed by atoms with Crippen molar-refractivity contribution in [2.24, 2.45) is 0 Å². The second-order valence-electron chi connectivity index (χ2n) is 3.75. The predicted molar refractivity (Wildman–Crippen MR) is 63.4 cm³/mol. The fraction of sp³-hybridized carbons (Fsp3) is 0.417. The average molecular weight is 278 g/mol. The maximum atomic E-state index is 12.3. The lowest BCUT2D eigenvalue weighted by molar-refractivity contribution is -0.141. The molecule has 0 fully saturated rings. The Morgan fingerprint density at radius 1 is 1.33 bits per heavy atom. The third-order valence-corrected chi connectivity index (χ3v) is 3.12. The van der Waals surface area contributed by atoms with Gasteiger partial charge >= 0.3 is 12.1 Å². The number of ether oxygens (including phenoxy) is 1. The first kappa shape index (κ1) is 14.9. The molecule has 0 heterocycles. The summed E-state index contributed by atoms with van der Waals surface area (Å²) in [5, 5.41) is -0.00867. The van der Waals surface area contributed by atoms with E-state index in [4.69, 9.17) is 4.74 Å². The SMILES string of the molecule is CC(=O)OCC(C)Sc1ccc(C(F)(F)F)cc1. The van der Waals surface area contributed by atoms with Crippen molar-refractivity contribution in [1.29, 1.82) is 0 Å². The lowest BCUT2D eigenvalue weighted by Gasteiger charge is -2.12. The molecule has 1 unspecified atom stereocenters. The topological polar surface area (TPSA) is 26.3 Å². The average Bonchev–Trinajstić information content (AvgIpc) is 2.26. The fourth-order valence-electron chi connectivity index (χ4n) is 1.22. The first-order valence-corrected chi connectivity index (χ1v) is 6.14. The Morgan fingerprint density at radius 3 is 2.33 bits per heavy atom. The highest BCUT2D eigenvalue weighted by atomic mass is 32.2. The Kier molecular flexibility index (Phi) is 5.07. The zero-order valence-corrected chi connectivity index (χ0v) is 10.8. The molecule has 0 aliphatic rings. The van der Waals surface area contributed by atoms with E-state index in [-0.39, 0.29) is 17.8 Å². The number of halogens is 3. The summed E-state index contributed by atoms with van der Waals surface area (Å²) in [6.07, 6.45) is -4.31. The third-order valence-electron chi connectivity index (χ3n) is 2.04. The number of rotatable bonds is 4. The standard InChI is InChI=1S/C12H13F3O2S/c1-8(7-17-9(2)16)18-11-5-3-10(4-6-11)12(13,14)15/h3-6,8H,7H2,1-2H3. The van der Waals surface area contributed by atoms with Crippen LogP contribution in [0.5, 0.6) is 0 Å². The maximum absolute atomic E-state index is 12.3. The number of carbonyl (C=O) groups is 1. The van der Waals surface area contributed by atoms with Gasteiger partial charge in [-0.2, -0.15) is 13.2 Å². The fourth-order valence-corrected chi connectivity index (χ4v) is 2.12. The lowest BCUT2D eigenvalue weighted by Crippen LogP contribution is -2.10. The smallest absolute Gasteiger partial charge is 0.416 e. The zero-order valence-electron chi connectivity index (χ0n) is 9.95. The van der Waals surface area contributed by atoms with Crippen LogP contribution in [0.25, 0.3) is 0 Å². The molecule has 1 rings (SSSR count). The molecular formula is C12H13F3O2S. The molecule has 0 radical (unpaired) electrons. The van der Waals surface area contributed by atoms with Crippen LogP contribution in [0, 0.1) is 0 Å². The second kappa shape index (κ2) is 6.13. The molecule has 2 nitrogen and oxygen atoms in total. The van der Waals surface area contributed by atoms with Gasteiger partial charge in [-0.05, 0) is 31.2 Å². The first-order chi connectivity index (χ1) is 8.29. The van der Waals surface area contributed by atoms with Gasteiger partial charge in [0.1, 0.15) is 6.61 Å². The molecule has 1 aromatic carbocycles. The molecular weight excluding hydrogens is 265 g/mol. The van der Waals surface area contributed by atoms with E-state index in [0.29, 0.717) is 4.90 Å². The van der Waals surface area contributed by atoms with Crippen molar-refractivity contribution in [3.63, 3.8) is 0 Å². The van der Waals surface area contributed by atoms with Crippen LogP contribution in [0.4, 0.5) is 13.2 Å². The summed E-state index contributed by atoms with van der Waals surface area (Å²) in [6, 6.07) is 4.91. The molecule has 0 saturated heterocycles. The number of benzene rings is 1. The molecule has 18 heavy (non-hydrogen) atoms. The van der Waals surface area contributed by atoms with Gasteiger partial charge in [0.15, 0.2) is 0 Å². The molecule has 0 N–H and O–H groups in total. The van der Waals surface area contributed by atoms with Crippen molar-refractivity contribution in [3.8, 4) is 0 Å². The third kappa shape index (κ3) is 5.00. The van der Waals surface area contributed by atoms with Gasteiger partial charge in [-0.1, -0.05) is 0 Å². The number of thioether (sulfide) groups is 1. The van der Waals surface area contributed by atoms with Gasteiger partial charge in [-0.25, -0.2) is 0 Å². The quantitative estimate of drug-likeness (QED) is 0.620. The summed E-state index contributed by atoms with van der Waals surface area (Å²) in [5.41, 5.74) is -0.667. The highest BCUT2D eigenvalue weighted by Gasteiger charge is 2.29. The van der Waals surface area contributed by atoms with Crippen molar-refractivity contribution in [3.05, 3.63) is 29.8 Å². The predicted octanol–water partition coefficient (Wildman–Crippen LogP) is 3.75. The molecule has 0 saturated carbocycles. The van der Waals surface area contributed by atoms with Crippen molar-refractivity contribution >= 4 is 17.7 Å². The number of hydrogen-bond acceptors (Lipinski definition) is 3. The highest BCUT2D eigenvalue weighted by Crippen LogP contribution is 2.31. The van der Waals surface area contributed by atoms with E-state index in [0.717, 1.165) is 12.1 Å². The summed E-state index contributed by atoms with van der Waals surface area (Å²) in [4.78, 5) is 11.3. The van der Waals surface area contributed by atoms with E-state index < -0.39 is 11.7 Å². The number of esters is 1. The van der Waals surface area contributed by atoms with Crippen LogP contribution in [0.15, 0.2) is 29.2 Å². The normalized spacial score (nSPS) is 13.2. The van der Waals surface area contributed by atoms with E-state index in [1.807, 2.05) is 6.92 Å². The summed E-state index contributed by atoms with van der Waals surface area (Å²) >= 11 is 1.36. The van der Waals surface area contributed by atoms with Crippen LogP contribution < -0.4 is 0 Å². The summed E-state index contributed by atoms with van der Waals surface area (Å²) in [6.45, 7) is 3.39. The van der Waals surface area contributed by atoms with Crippen LogP contribution in [-0.2, 0) is 15.7 Å². The van der Waals surface area contributed by atoms with E-state index in [9.17, 15) is 18.0 Å². The second-order valence-corrected chi connectivity index (χ2v) is 5.27. The van der Waals surface area contributed by atoms with E-state index in [1.165, 1.54) is 30.8 Å². The Bertz CT molecular complexity index is 401. The van der Waals surface area contributed by atoms with Gasteiger partial charge in [-0.3, -0.25) is 4.79 Å². The summed E-state index contributed by atoms with van der Waals surface area (Å²) < 4.78 is 41.8. The maximum Gasteiger partial charge on any atom is 0.416 e. The van der Waals surface area contributed by atoms with Crippen molar-refractivity contribution < 1.29 is 22.7 Å². The molecule has 0 aromatic heterocycles. The van der Waals surface area contributed by atoms with E-state index >= 15 is 0 Å². The molecule has 0 aliphatic carbocycles. The van der Waals surface area contributed by atoms with Crippen LogP contribution in [0.1, 0.15) is 19.4 Å². The van der Waals surface area contributed by atoms with Gasteiger partial charge in [0.25, 0.3) is 0 Å². The summed E-state index contributed by atoms with van der Waals surface area (Å²) in [7, 11) is 0. The van der Waals surface area contributed by atoms with E-state index in [1.54, 1.807) is 0 Å². The molecule has 100 valence electrons. The van der Waals surface area contributed by atoms with Crippen LogP contribution in [0.3, 0.4) is 0 Å². The monoisotopic (exact) mass is 278 g/mol. The van der Waals surface area contributed by atoms with Gasteiger partial charge in [-0.15, -0.1) is 11.8 Å². The van der Waals surface area contributed by atoms with Crippen LogP contribution in [0.2, 0.25) is 0 Å². The molecule has 6 heteroatoms. The molecule has 0 bridgehead atoms. The Balaban J connectivity index is 2.56. The number of alkyl halides is 3. The Labute approximate surface area is 108 Å². The number of carbonyl (C=O) groups excluding carboxylic acids is 1. The number of hydrogen-bond donors (Lipinski definition) is 0. The molecule has 1 atom stereocenters. The van der Waals surface area contributed by atoms with Crippen molar-refractivity contribution in [1.82, 2.24) is 0 Å². The minimum atomic E-state index is -4.31. The minimum absolute atomic E-state index is 0.00867. The first-order valence-electron chi connectivity index (χ1n) is 5.26. The molecule has 0 aliphatic heterocycles. The minimum Gasteiger partial charge on any atom is -0.465 e. The van der Waals surface area contributed by atoms with Gasteiger partial charge in [0, 0.05) is 17.1 Å². The van der Waals surface area contributed by atoms with Crippen molar-refractivity contribution in [2.45, 2.75) is 30.2 Å². The molecule has 0 amide bonds. The highest BCUT2D eigenvalue weighted by molar-refractivity contribution is 8.00. The lowest BCUT2D eigenvalue weighted by atomic mass is 10.2. The van der Waals surface area contributed by atoms with Crippen LogP contribution in [-0.4, -0.2) is 17.8 Å². The molecule has 0 spiro atoms. The molecule has 1 aromatic rings. The van der Waals surface area contributed by atoms with Gasteiger partial charge in [0.05, 0.1) is 5.56 Å². The van der Waals surface area contributed by atoms with Crippen LogP contribution >= 0.6 is 11.8 Å². The van der Waals surface area contributed by atoms with Gasteiger partial charge in [0.2, 0.25) is 0 Å². The van der Waals surface area contributed by atoms with Gasteiger partial charge < -0.3 is 4.74 Å². The summed E-state index contributed by atoms with van der Waals surface area (Å²) in [5.74, 6) is -0.366.